The molecule has 0 N–H and O–H groups in total. The van der Waals surface area contributed by atoms with Crippen molar-refractivity contribution in [3.05, 3.63) is 47.6 Å². The average Bonchev–Trinajstić information content (AvgIpc) is 3.21. The van der Waals surface area contributed by atoms with Gasteiger partial charge >= 0.3 is 46.1 Å². The first-order chi connectivity index (χ1) is 29.1. The molecule has 0 unspecified atom stereocenters. The molecule has 348 valence electrons. The Hall–Kier alpha value is -1.63. The molecule has 0 aromatic carbocycles. The average molecular weight is 890 g/mol. The molecule has 0 spiro atoms. The van der Waals surface area contributed by atoms with Gasteiger partial charge in [-0.05, 0) is 49.0 Å². The van der Waals surface area contributed by atoms with Gasteiger partial charge in [-0.1, -0.05) is 256 Å². The number of carbonyl (C=O) groups excluding carboxylic acids is 4. The molecule has 10 heteroatoms. The summed E-state index contributed by atoms with van der Waals surface area (Å²) in [6.07, 6.45) is 56.6. The summed E-state index contributed by atoms with van der Waals surface area (Å²) < 4.78 is 0. The molecule has 0 saturated heterocycles. The Morgan fingerprint density at radius 2 is 0.484 bits per heavy atom. The Morgan fingerprint density at radius 3 is 0.645 bits per heavy atom. The predicted molar refractivity (Wildman–Crippen MR) is 253 cm³/mol. The van der Waals surface area contributed by atoms with Gasteiger partial charge in [-0.2, -0.15) is 0 Å². The van der Waals surface area contributed by atoms with Gasteiger partial charge in [0, 0.05) is 0 Å². The number of carbonyl (C=O) groups is 4. The fraction of sp³-hybridized carbons (Fsp3) is 0.769. The summed E-state index contributed by atoms with van der Waals surface area (Å²) in [5.41, 5.74) is -0.699. The van der Waals surface area contributed by atoms with E-state index in [0.717, 1.165) is 38.5 Å². The van der Waals surface area contributed by atoms with Gasteiger partial charge in [0.2, 0.25) is 0 Å². The van der Waals surface area contributed by atoms with Crippen molar-refractivity contribution in [1.82, 2.24) is 0 Å². The molecule has 0 saturated carbocycles. The zero-order chi connectivity index (χ0) is 44.6. The van der Waals surface area contributed by atoms with Crippen LogP contribution >= 0.6 is 0 Å². The van der Waals surface area contributed by atoms with E-state index in [1.807, 2.05) is 0 Å². The second-order valence-electron chi connectivity index (χ2n) is 16.8. The maximum absolute atomic E-state index is 10.7. The van der Waals surface area contributed by atoms with E-state index < -0.39 is 23.9 Å². The maximum Gasteiger partial charge on any atom is 2.00 e. The number of unbranched alkanes of at least 4 members (excludes halogenated alkanes) is 36. The fourth-order valence-corrected chi connectivity index (χ4v) is 7.35. The van der Waals surface area contributed by atoms with Crippen molar-refractivity contribution in [3.8, 4) is 0 Å². The van der Waals surface area contributed by atoms with Crippen molar-refractivity contribution in [1.29, 1.82) is 0 Å². The number of rotatable bonds is 44. The molecule has 0 aliphatic carbocycles. The minimum absolute atomic E-state index is 0. The Balaban J connectivity index is -0.000000526. The van der Waals surface area contributed by atoms with Crippen LogP contribution in [0.15, 0.2) is 47.6 Å². The molecule has 0 amide bonds. The van der Waals surface area contributed by atoms with Crippen LogP contribution in [0.3, 0.4) is 0 Å². The molecule has 0 atom stereocenters. The Morgan fingerprint density at radius 1 is 0.306 bits per heavy atom. The molecule has 8 nitrogen and oxygen atoms in total. The molecule has 0 fully saturated rings. The summed E-state index contributed by atoms with van der Waals surface area (Å²) in [6.45, 7) is 4.54. The summed E-state index contributed by atoms with van der Waals surface area (Å²) in [6, 6.07) is 0. The van der Waals surface area contributed by atoms with Crippen LogP contribution in [0.5, 0.6) is 0 Å². The van der Waals surface area contributed by atoms with Gasteiger partial charge in [-0.15, -0.1) is 0 Å². The second-order valence-corrected chi connectivity index (χ2v) is 16.8. The number of aliphatic carboxylic acids is 4. The molecular formula is C52H88Mg2O8. The Labute approximate surface area is 412 Å². The fourth-order valence-electron chi connectivity index (χ4n) is 7.35. The number of hydrogen-bond donors (Lipinski definition) is 0. The molecule has 0 aliphatic heterocycles. The number of hydrogen-bond acceptors (Lipinski definition) is 8. The van der Waals surface area contributed by atoms with E-state index in [9.17, 15) is 39.6 Å². The number of allylic oxidation sites excluding steroid dienone is 2. The van der Waals surface area contributed by atoms with Crippen LogP contribution in [-0.2, 0) is 19.2 Å². The minimum atomic E-state index is -1.52. The molecule has 0 rings (SSSR count). The largest absolute Gasteiger partial charge is 2.00 e. The van der Waals surface area contributed by atoms with Crippen LogP contribution in [0, 0.1) is 0 Å². The number of carboxylic acids is 4. The van der Waals surface area contributed by atoms with Gasteiger partial charge in [-0.3, -0.25) is 0 Å². The van der Waals surface area contributed by atoms with Gasteiger partial charge in [0.15, 0.2) is 0 Å². The SMILES string of the molecule is CCCCCCCCCCCCCCCCCCCCC=C/C(=C/C(=O)[O-])C(=O)[O-].CCCCCCCCCCCCCCCCCCCCC=C/C(=C/C(=O)[O-])C(=O)[O-].[Mg+2].[Mg+2]. The van der Waals surface area contributed by atoms with E-state index in [-0.39, 0.29) is 57.3 Å². The second kappa shape index (κ2) is 55.5. The van der Waals surface area contributed by atoms with Crippen LogP contribution in [0.2, 0.25) is 0 Å². The molecule has 62 heavy (non-hydrogen) atoms. The van der Waals surface area contributed by atoms with Crippen LogP contribution in [0.25, 0.3) is 0 Å². The van der Waals surface area contributed by atoms with Crippen LogP contribution < -0.4 is 20.4 Å². The van der Waals surface area contributed by atoms with Gasteiger partial charge in [-0.25, -0.2) is 0 Å². The Kier molecular flexibility index (Phi) is 60.0. The third-order valence-corrected chi connectivity index (χ3v) is 11.1. The standard InChI is InChI=1S/2C26H46O4.2Mg/c2*1-2-3-4-5-6-7-8-9-10-11-12-13-14-15-16-17-18-19-20-21-22-24(26(29)30)23-25(27)28;;/h2*21-23H,2-20H2,1H3,(H,27,28)(H,29,30);;/q;;2*+2/p-4/b2*22-21?,24-23-;;. The smallest absolute Gasteiger partial charge is 0.545 e. The number of carboxylic acid groups (broad SMARTS) is 4. The minimum Gasteiger partial charge on any atom is -0.545 e. The van der Waals surface area contributed by atoms with Gasteiger partial charge in [0.1, 0.15) is 0 Å². The maximum atomic E-state index is 10.7. The summed E-state index contributed by atoms with van der Waals surface area (Å²) in [7, 11) is 0. The normalized spacial score (nSPS) is 11.6. The molecule has 0 aromatic heterocycles. The Bertz CT molecular complexity index is 1060. The first-order valence-corrected chi connectivity index (χ1v) is 24.8. The van der Waals surface area contributed by atoms with Crippen molar-refractivity contribution in [2.24, 2.45) is 0 Å². The topological polar surface area (TPSA) is 161 Å². The molecule has 0 aromatic rings. The zero-order valence-electron chi connectivity index (χ0n) is 40.0. The quantitative estimate of drug-likeness (QED) is 0.0253. The van der Waals surface area contributed by atoms with E-state index in [1.165, 1.54) is 218 Å². The van der Waals surface area contributed by atoms with Crippen molar-refractivity contribution in [2.45, 2.75) is 258 Å². The van der Waals surface area contributed by atoms with E-state index in [2.05, 4.69) is 13.8 Å². The van der Waals surface area contributed by atoms with E-state index >= 15 is 0 Å². The molecule has 0 aliphatic rings. The van der Waals surface area contributed by atoms with Crippen LogP contribution in [0.1, 0.15) is 258 Å². The predicted octanol–water partition coefficient (Wildman–Crippen LogP) is 10.0. The summed E-state index contributed by atoms with van der Waals surface area (Å²) in [5.74, 6) is -6.03. The van der Waals surface area contributed by atoms with Gasteiger partial charge in [0.05, 0.1) is 23.9 Å². The molecule has 0 radical (unpaired) electrons. The van der Waals surface area contributed by atoms with Gasteiger partial charge < -0.3 is 39.6 Å². The zero-order valence-corrected chi connectivity index (χ0v) is 42.8. The molecule has 0 heterocycles. The molecule has 0 bridgehead atoms. The van der Waals surface area contributed by atoms with E-state index in [0.29, 0.717) is 12.2 Å². The third-order valence-electron chi connectivity index (χ3n) is 11.1. The van der Waals surface area contributed by atoms with E-state index in [4.69, 9.17) is 0 Å². The molecular weight excluding hydrogens is 801 g/mol. The van der Waals surface area contributed by atoms with E-state index in [1.54, 1.807) is 12.2 Å². The van der Waals surface area contributed by atoms with Crippen LogP contribution in [0.4, 0.5) is 0 Å². The first kappa shape index (κ1) is 67.0. The van der Waals surface area contributed by atoms with Gasteiger partial charge in [0.25, 0.3) is 0 Å². The van der Waals surface area contributed by atoms with Crippen LogP contribution in [-0.4, -0.2) is 70.0 Å². The van der Waals surface area contributed by atoms with Crippen molar-refractivity contribution < 1.29 is 39.6 Å². The van der Waals surface area contributed by atoms with Crippen molar-refractivity contribution >= 4 is 70.0 Å². The first-order valence-electron chi connectivity index (χ1n) is 24.8. The summed E-state index contributed by atoms with van der Waals surface area (Å²) in [5, 5.41) is 42.3. The van der Waals surface area contributed by atoms with Crippen molar-refractivity contribution in [2.75, 3.05) is 0 Å². The third kappa shape index (κ3) is 56.4. The summed E-state index contributed by atoms with van der Waals surface area (Å²) >= 11 is 0. The summed E-state index contributed by atoms with van der Waals surface area (Å²) in [4.78, 5) is 42.3. The van der Waals surface area contributed by atoms with Crippen molar-refractivity contribution in [3.63, 3.8) is 0 Å². The monoisotopic (exact) mass is 889 g/mol.